The lowest BCUT2D eigenvalue weighted by Gasteiger charge is -2.19. The average Bonchev–Trinajstić information content (AvgIpc) is 3.14. The molecule has 0 bridgehead atoms. The van der Waals surface area contributed by atoms with E-state index in [-0.39, 0.29) is 11.9 Å². The third-order valence-corrected chi connectivity index (χ3v) is 6.36. The van der Waals surface area contributed by atoms with Crippen molar-refractivity contribution in [3.8, 4) is 0 Å². The van der Waals surface area contributed by atoms with Crippen LogP contribution in [0.25, 0.3) is 10.2 Å². The summed E-state index contributed by atoms with van der Waals surface area (Å²) in [5.41, 5.74) is 1.91. The zero-order valence-electron chi connectivity index (χ0n) is 15.2. The maximum absolute atomic E-state index is 13.0. The van der Waals surface area contributed by atoms with Crippen LogP contribution in [0.4, 0.5) is 0 Å². The van der Waals surface area contributed by atoms with E-state index in [4.69, 9.17) is 0 Å². The van der Waals surface area contributed by atoms with E-state index >= 15 is 0 Å². The quantitative estimate of drug-likeness (QED) is 0.669. The Morgan fingerprint density at radius 2 is 2.00 bits per heavy atom. The van der Waals surface area contributed by atoms with Crippen LogP contribution < -0.4 is 5.32 Å². The Balaban J connectivity index is 1.93. The van der Waals surface area contributed by atoms with Crippen molar-refractivity contribution >= 4 is 38.8 Å². The Bertz CT molecular complexity index is 897. The van der Waals surface area contributed by atoms with Gasteiger partial charge >= 0.3 is 0 Å². The molecule has 3 heterocycles. The number of nitrogens with one attached hydrogen (secondary N) is 1. The van der Waals surface area contributed by atoms with Crippen molar-refractivity contribution in [3.63, 3.8) is 0 Å². The number of carbonyl (C=O) groups is 1. The average molecular weight is 374 g/mol. The summed E-state index contributed by atoms with van der Waals surface area (Å²) < 4.78 is 0. The third-order valence-electron chi connectivity index (χ3n) is 4.19. The van der Waals surface area contributed by atoms with Crippen LogP contribution in [0.2, 0.25) is 0 Å². The van der Waals surface area contributed by atoms with Crippen LogP contribution in [0.15, 0.2) is 17.5 Å². The fraction of sp³-hybridized carbons (Fsp3) is 0.421. The van der Waals surface area contributed by atoms with Gasteiger partial charge in [0.15, 0.2) is 0 Å². The minimum atomic E-state index is -0.0170. The summed E-state index contributed by atoms with van der Waals surface area (Å²) in [5.74, 6) is 1.23. The van der Waals surface area contributed by atoms with Gasteiger partial charge in [-0.05, 0) is 50.1 Å². The van der Waals surface area contributed by atoms with Gasteiger partial charge in [-0.25, -0.2) is 9.97 Å². The van der Waals surface area contributed by atoms with Gasteiger partial charge in [0.2, 0.25) is 0 Å². The molecule has 0 aliphatic rings. The number of hydrogen-bond donors (Lipinski definition) is 1. The predicted octanol–water partition coefficient (Wildman–Crippen LogP) is 5.20. The van der Waals surface area contributed by atoms with Crippen LogP contribution in [0.1, 0.15) is 57.9 Å². The van der Waals surface area contributed by atoms with Gasteiger partial charge in [-0.1, -0.05) is 19.9 Å². The second kappa shape index (κ2) is 7.22. The zero-order valence-corrected chi connectivity index (χ0v) is 16.8. The highest BCUT2D eigenvalue weighted by atomic mass is 32.1. The first-order valence-electron chi connectivity index (χ1n) is 8.45. The van der Waals surface area contributed by atoms with Crippen molar-refractivity contribution in [2.45, 2.75) is 47.1 Å². The smallest absolute Gasteiger partial charge is 0.262 e. The lowest BCUT2D eigenvalue weighted by atomic mass is 10.0. The minimum Gasteiger partial charge on any atom is -0.344 e. The lowest BCUT2D eigenvalue weighted by molar-refractivity contribution is 0.0936. The largest absolute Gasteiger partial charge is 0.344 e. The molecule has 0 aromatic carbocycles. The second-order valence-corrected chi connectivity index (χ2v) is 8.74. The van der Waals surface area contributed by atoms with Gasteiger partial charge < -0.3 is 5.32 Å². The first-order chi connectivity index (χ1) is 11.9. The van der Waals surface area contributed by atoms with Crippen molar-refractivity contribution < 1.29 is 4.79 Å². The number of thiophene rings is 2. The molecule has 1 amide bonds. The van der Waals surface area contributed by atoms with Crippen molar-refractivity contribution in [3.05, 3.63) is 44.3 Å². The highest BCUT2D eigenvalue weighted by Crippen LogP contribution is 2.32. The third kappa shape index (κ3) is 3.75. The summed E-state index contributed by atoms with van der Waals surface area (Å²) in [7, 11) is 0. The van der Waals surface area contributed by atoms with Crippen LogP contribution in [0, 0.1) is 26.7 Å². The molecule has 0 fully saturated rings. The molecule has 25 heavy (non-hydrogen) atoms. The van der Waals surface area contributed by atoms with Crippen molar-refractivity contribution in [1.29, 1.82) is 0 Å². The molecule has 1 N–H and O–H groups in total. The molecule has 0 aliphatic carbocycles. The Morgan fingerprint density at radius 1 is 1.24 bits per heavy atom. The molecule has 3 rings (SSSR count). The van der Waals surface area contributed by atoms with Crippen LogP contribution in [0.3, 0.4) is 0 Å². The number of carbonyl (C=O) groups excluding carboxylic acids is 1. The molecule has 1 unspecified atom stereocenters. The lowest BCUT2D eigenvalue weighted by Crippen LogP contribution is -2.28. The van der Waals surface area contributed by atoms with Crippen molar-refractivity contribution in [2.75, 3.05) is 0 Å². The number of amides is 1. The maximum atomic E-state index is 13.0. The first kappa shape index (κ1) is 18.0. The first-order valence-corrected chi connectivity index (χ1v) is 10.1. The molecule has 0 saturated heterocycles. The van der Waals surface area contributed by atoms with E-state index in [9.17, 15) is 4.79 Å². The zero-order chi connectivity index (χ0) is 18.1. The Hall–Kier alpha value is -1.79. The van der Waals surface area contributed by atoms with Gasteiger partial charge in [0.05, 0.1) is 10.9 Å². The van der Waals surface area contributed by atoms with E-state index in [1.54, 1.807) is 11.3 Å². The number of hydrogen-bond acceptors (Lipinski definition) is 5. The normalized spacial score (nSPS) is 12.7. The molecule has 0 spiro atoms. The second-order valence-electron chi connectivity index (χ2n) is 6.76. The van der Waals surface area contributed by atoms with Gasteiger partial charge in [0.25, 0.3) is 5.91 Å². The summed E-state index contributed by atoms with van der Waals surface area (Å²) in [6, 6.07) is 4.17. The predicted molar refractivity (Wildman–Crippen MR) is 106 cm³/mol. The molecule has 1 atom stereocenters. The Kier molecular flexibility index (Phi) is 5.20. The highest BCUT2D eigenvalue weighted by molar-refractivity contribution is 7.20. The molecule has 4 nitrogen and oxygen atoms in total. The van der Waals surface area contributed by atoms with Crippen LogP contribution in [-0.4, -0.2) is 15.9 Å². The monoisotopic (exact) mass is 373 g/mol. The molecule has 0 aliphatic heterocycles. The molecule has 0 radical (unpaired) electrons. The van der Waals surface area contributed by atoms with Crippen LogP contribution >= 0.6 is 22.7 Å². The molecule has 3 aromatic rings. The van der Waals surface area contributed by atoms with E-state index in [0.29, 0.717) is 5.92 Å². The van der Waals surface area contributed by atoms with E-state index in [1.165, 1.54) is 16.2 Å². The fourth-order valence-corrected chi connectivity index (χ4v) is 5.09. The molecular weight excluding hydrogens is 350 g/mol. The van der Waals surface area contributed by atoms with Gasteiger partial charge in [-0.3, -0.25) is 4.79 Å². The van der Waals surface area contributed by atoms with Gasteiger partial charge in [0.1, 0.15) is 10.7 Å². The number of fused-ring (bicyclic) bond motifs is 1. The molecule has 6 heteroatoms. The number of aromatic nitrogens is 2. The Labute approximate surface area is 156 Å². The summed E-state index contributed by atoms with van der Waals surface area (Å²) >= 11 is 3.15. The molecule has 3 aromatic heterocycles. The highest BCUT2D eigenvalue weighted by Gasteiger charge is 2.23. The van der Waals surface area contributed by atoms with Gasteiger partial charge in [0, 0.05) is 16.0 Å². The Morgan fingerprint density at radius 3 is 2.64 bits per heavy atom. The number of rotatable bonds is 5. The summed E-state index contributed by atoms with van der Waals surface area (Å²) in [6.07, 6.45) is 0.925. The SMILES string of the molecule is Cc1nc(C)c2c(C)c(C(=O)NC(CC(C)C)c3cccs3)sc2n1. The van der Waals surface area contributed by atoms with Crippen molar-refractivity contribution in [1.82, 2.24) is 15.3 Å². The van der Waals surface area contributed by atoms with Crippen LogP contribution in [0.5, 0.6) is 0 Å². The summed E-state index contributed by atoms with van der Waals surface area (Å²) in [4.78, 5) is 24.8. The van der Waals surface area contributed by atoms with E-state index in [0.717, 1.165) is 38.6 Å². The molecule has 132 valence electrons. The molecular formula is C19H23N3OS2. The number of nitrogens with zero attached hydrogens (tertiary/aromatic N) is 2. The van der Waals surface area contributed by atoms with Gasteiger partial charge in [-0.15, -0.1) is 22.7 Å². The fourth-order valence-electron chi connectivity index (χ4n) is 3.12. The van der Waals surface area contributed by atoms with Crippen LogP contribution in [-0.2, 0) is 0 Å². The summed E-state index contributed by atoms with van der Waals surface area (Å²) in [5, 5.41) is 6.30. The van der Waals surface area contributed by atoms with E-state index in [2.05, 4.69) is 40.6 Å². The molecule has 0 saturated carbocycles. The summed E-state index contributed by atoms with van der Waals surface area (Å²) in [6.45, 7) is 10.2. The standard InChI is InChI=1S/C19H23N3OS2/c1-10(2)9-14(15-7-6-8-24-15)22-18(23)17-11(3)16-12(4)20-13(5)21-19(16)25-17/h6-8,10,14H,9H2,1-5H3,(H,22,23). The minimum absolute atomic E-state index is 0.0170. The van der Waals surface area contributed by atoms with Gasteiger partial charge in [-0.2, -0.15) is 0 Å². The maximum Gasteiger partial charge on any atom is 0.262 e. The van der Waals surface area contributed by atoms with E-state index < -0.39 is 0 Å². The number of aryl methyl sites for hydroxylation is 3. The topological polar surface area (TPSA) is 54.9 Å². The van der Waals surface area contributed by atoms with E-state index in [1.807, 2.05) is 26.8 Å². The van der Waals surface area contributed by atoms with Crippen molar-refractivity contribution in [2.24, 2.45) is 5.92 Å².